The standard InChI is InChI=1S/C32H57N5O8/c1-8-33-32(45)29(20(6)7)37-27(40)17-25(38)22(14-18(2)3)35-31(44)24(16-21-12-13-21)36-30(43)23(15-19(4)5)34-26(39)10-9-11-28(41)42/h18-25,29,38H,8-17H2,1-7H3,(H,33,45)(H,34,39)(H,35,44)(H,36,43)(H,37,40)(H,41,42)/t22-,23-,24-,25-,29-/m0/s1. The van der Waals surface area contributed by atoms with Crippen molar-refractivity contribution < 1.29 is 39.0 Å². The first-order valence-corrected chi connectivity index (χ1v) is 16.4. The highest BCUT2D eigenvalue weighted by molar-refractivity contribution is 5.92. The molecule has 1 aliphatic carbocycles. The summed E-state index contributed by atoms with van der Waals surface area (Å²) in [4.78, 5) is 75.5. The van der Waals surface area contributed by atoms with Crippen molar-refractivity contribution in [1.82, 2.24) is 26.6 Å². The zero-order valence-corrected chi connectivity index (χ0v) is 28.1. The van der Waals surface area contributed by atoms with E-state index in [-0.39, 0.29) is 55.3 Å². The summed E-state index contributed by atoms with van der Waals surface area (Å²) in [5.41, 5.74) is 0. The Balaban J connectivity index is 3.00. The number of hydrogen-bond donors (Lipinski definition) is 7. The van der Waals surface area contributed by atoms with Crippen LogP contribution in [0.3, 0.4) is 0 Å². The maximum atomic E-state index is 13.6. The highest BCUT2D eigenvalue weighted by Gasteiger charge is 2.35. The Hall–Kier alpha value is -3.22. The van der Waals surface area contributed by atoms with Crippen LogP contribution in [0.1, 0.15) is 106 Å². The van der Waals surface area contributed by atoms with E-state index in [1.165, 1.54) is 0 Å². The Kier molecular flexibility index (Phi) is 17.7. The maximum absolute atomic E-state index is 13.6. The minimum absolute atomic E-state index is 0.0380. The van der Waals surface area contributed by atoms with Crippen molar-refractivity contribution in [2.45, 2.75) is 137 Å². The van der Waals surface area contributed by atoms with Gasteiger partial charge < -0.3 is 36.8 Å². The molecule has 13 nitrogen and oxygen atoms in total. The summed E-state index contributed by atoms with van der Waals surface area (Å²) in [6, 6.07) is -3.37. The van der Waals surface area contributed by atoms with E-state index in [0.29, 0.717) is 25.8 Å². The Morgan fingerprint density at radius 1 is 0.733 bits per heavy atom. The topological polar surface area (TPSA) is 203 Å². The average Bonchev–Trinajstić information content (AvgIpc) is 3.73. The minimum atomic E-state index is -1.24. The van der Waals surface area contributed by atoms with Crippen LogP contribution in [0.2, 0.25) is 0 Å². The van der Waals surface area contributed by atoms with Crippen molar-refractivity contribution in [2.75, 3.05) is 6.54 Å². The van der Waals surface area contributed by atoms with Crippen LogP contribution in [0, 0.1) is 23.7 Å². The quantitative estimate of drug-likeness (QED) is 0.0925. The van der Waals surface area contributed by atoms with Crippen molar-refractivity contribution in [3.8, 4) is 0 Å². The van der Waals surface area contributed by atoms with Gasteiger partial charge in [0.2, 0.25) is 29.5 Å². The fraction of sp³-hybridized carbons (Fsp3) is 0.812. The second-order valence-corrected chi connectivity index (χ2v) is 13.4. The van der Waals surface area contributed by atoms with Gasteiger partial charge >= 0.3 is 5.97 Å². The molecule has 0 aliphatic heterocycles. The number of aliphatic hydroxyl groups is 1. The fourth-order valence-electron chi connectivity index (χ4n) is 5.05. The third kappa shape index (κ3) is 16.6. The van der Waals surface area contributed by atoms with Gasteiger partial charge in [0.1, 0.15) is 18.1 Å². The van der Waals surface area contributed by atoms with Crippen LogP contribution in [-0.2, 0) is 28.8 Å². The van der Waals surface area contributed by atoms with E-state index in [1.54, 1.807) is 6.92 Å². The second kappa shape index (κ2) is 20.0. The molecule has 1 saturated carbocycles. The molecule has 0 aromatic carbocycles. The number of aliphatic hydroxyl groups excluding tert-OH is 1. The van der Waals surface area contributed by atoms with Crippen molar-refractivity contribution in [2.24, 2.45) is 23.7 Å². The molecule has 0 saturated heterocycles. The Bertz CT molecular complexity index is 998. The van der Waals surface area contributed by atoms with Crippen LogP contribution in [0.15, 0.2) is 0 Å². The first-order valence-electron chi connectivity index (χ1n) is 16.4. The molecule has 0 radical (unpaired) electrons. The molecule has 7 N–H and O–H groups in total. The number of likely N-dealkylation sites (N-methyl/N-ethyl adjacent to an activating group) is 1. The van der Waals surface area contributed by atoms with E-state index >= 15 is 0 Å². The van der Waals surface area contributed by atoms with Gasteiger partial charge in [-0.05, 0) is 56.3 Å². The number of hydrogen-bond acceptors (Lipinski definition) is 7. The van der Waals surface area contributed by atoms with Gasteiger partial charge in [0.25, 0.3) is 0 Å². The molecule has 1 rings (SSSR count). The molecule has 258 valence electrons. The first kappa shape index (κ1) is 39.8. The summed E-state index contributed by atoms with van der Waals surface area (Å²) in [5.74, 6) is -3.07. The van der Waals surface area contributed by atoms with E-state index in [9.17, 15) is 33.9 Å². The third-order valence-electron chi connectivity index (χ3n) is 7.58. The predicted octanol–water partition coefficient (Wildman–Crippen LogP) is 1.62. The van der Waals surface area contributed by atoms with Gasteiger partial charge in [-0.25, -0.2) is 0 Å². The van der Waals surface area contributed by atoms with Crippen LogP contribution in [0.4, 0.5) is 0 Å². The SMILES string of the molecule is CCNC(=O)[C@@H](NC(=O)C[C@H](O)[C@H](CC(C)C)NC(=O)[C@H](CC1CC1)NC(=O)[C@H](CC(C)C)NC(=O)CCCC(=O)O)C(C)C. The molecule has 0 aromatic heterocycles. The van der Waals surface area contributed by atoms with Crippen LogP contribution >= 0.6 is 0 Å². The molecule has 1 fully saturated rings. The zero-order valence-electron chi connectivity index (χ0n) is 28.1. The molecule has 0 unspecified atom stereocenters. The summed E-state index contributed by atoms with van der Waals surface area (Å²) in [5, 5.41) is 33.7. The number of rotatable bonds is 22. The predicted molar refractivity (Wildman–Crippen MR) is 170 cm³/mol. The lowest BCUT2D eigenvalue weighted by atomic mass is 9.95. The van der Waals surface area contributed by atoms with E-state index in [0.717, 1.165) is 12.8 Å². The number of nitrogens with one attached hydrogen (secondary N) is 5. The number of amides is 5. The smallest absolute Gasteiger partial charge is 0.303 e. The number of carbonyl (C=O) groups is 6. The van der Waals surface area contributed by atoms with E-state index < -0.39 is 59.9 Å². The van der Waals surface area contributed by atoms with E-state index in [2.05, 4.69) is 26.6 Å². The zero-order chi connectivity index (χ0) is 34.3. The van der Waals surface area contributed by atoms with Crippen molar-refractivity contribution >= 4 is 35.5 Å². The van der Waals surface area contributed by atoms with Gasteiger partial charge in [-0.3, -0.25) is 28.8 Å². The Labute approximate surface area is 267 Å². The molecule has 1 aliphatic rings. The molecule has 0 heterocycles. The molecular formula is C32H57N5O8. The van der Waals surface area contributed by atoms with Crippen LogP contribution in [0.5, 0.6) is 0 Å². The molecule has 0 spiro atoms. The summed E-state index contributed by atoms with van der Waals surface area (Å²) in [6.45, 7) is 13.5. The van der Waals surface area contributed by atoms with Crippen molar-refractivity contribution in [1.29, 1.82) is 0 Å². The van der Waals surface area contributed by atoms with Gasteiger partial charge in [0.15, 0.2) is 0 Å². The average molecular weight is 640 g/mol. The number of carboxylic acid groups (broad SMARTS) is 1. The van der Waals surface area contributed by atoms with Crippen LogP contribution < -0.4 is 26.6 Å². The fourth-order valence-corrected chi connectivity index (χ4v) is 5.05. The first-order chi connectivity index (χ1) is 21.0. The van der Waals surface area contributed by atoms with Crippen LogP contribution in [0.25, 0.3) is 0 Å². The molecule has 45 heavy (non-hydrogen) atoms. The molecule has 0 bridgehead atoms. The Morgan fingerprint density at radius 3 is 1.84 bits per heavy atom. The highest BCUT2D eigenvalue weighted by Crippen LogP contribution is 2.33. The van der Waals surface area contributed by atoms with Crippen molar-refractivity contribution in [3.05, 3.63) is 0 Å². The van der Waals surface area contributed by atoms with E-state index in [4.69, 9.17) is 5.11 Å². The molecule has 13 heteroatoms. The lowest BCUT2D eigenvalue weighted by Gasteiger charge is -2.29. The van der Waals surface area contributed by atoms with Crippen molar-refractivity contribution in [3.63, 3.8) is 0 Å². The highest BCUT2D eigenvalue weighted by atomic mass is 16.4. The molecule has 5 atom stereocenters. The number of carboxylic acids is 1. The van der Waals surface area contributed by atoms with Gasteiger partial charge in [0.05, 0.1) is 18.6 Å². The van der Waals surface area contributed by atoms with Gasteiger partial charge in [-0.15, -0.1) is 0 Å². The second-order valence-electron chi connectivity index (χ2n) is 13.4. The molecular weight excluding hydrogens is 582 g/mol. The maximum Gasteiger partial charge on any atom is 0.303 e. The number of aliphatic carboxylic acids is 1. The largest absolute Gasteiger partial charge is 0.481 e. The summed E-state index contributed by atoms with van der Waals surface area (Å²) in [7, 11) is 0. The van der Waals surface area contributed by atoms with Crippen LogP contribution in [-0.4, -0.2) is 82.5 Å². The monoisotopic (exact) mass is 639 g/mol. The third-order valence-corrected chi connectivity index (χ3v) is 7.58. The lowest BCUT2D eigenvalue weighted by Crippen LogP contribution is -2.57. The van der Waals surface area contributed by atoms with E-state index in [1.807, 2.05) is 41.5 Å². The normalized spacial score (nSPS) is 16.3. The van der Waals surface area contributed by atoms with Gasteiger partial charge in [-0.1, -0.05) is 54.4 Å². The molecule has 0 aromatic rings. The molecule has 5 amide bonds. The number of carbonyl (C=O) groups excluding carboxylic acids is 5. The summed E-state index contributed by atoms with van der Waals surface area (Å²) in [6.07, 6.45) is 1.32. The minimum Gasteiger partial charge on any atom is -0.481 e. The van der Waals surface area contributed by atoms with Gasteiger partial charge in [-0.2, -0.15) is 0 Å². The Morgan fingerprint density at radius 2 is 1.33 bits per heavy atom. The lowest BCUT2D eigenvalue weighted by molar-refractivity contribution is -0.137. The summed E-state index contributed by atoms with van der Waals surface area (Å²) < 4.78 is 0. The van der Waals surface area contributed by atoms with Gasteiger partial charge in [0, 0.05) is 19.4 Å². The summed E-state index contributed by atoms with van der Waals surface area (Å²) >= 11 is 0.